The number of para-hydroxylation sites is 1. The fraction of sp³-hybridized carbons (Fsp3) is 0.185. The normalized spacial score (nSPS) is 18.7. The Balaban J connectivity index is 1.02. The number of allylic oxidation sites excluding steroid dienone is 8. The highest BCUT2D eigenvalue weighted by Gasteiger charge is 2.42. The lowest BCUT2D eigenvalue weighted by Crippen LogP contribution is -2.19. The van der Waals surface area contributed by atoms with Crippen LogP contribution in [0.4, 0.5) is 11.4 Å². The summed E-state index contributed by atoms with van der Waals surface area (Å²) in [5.41, 5.74) is 20.4. The first-order valence-electron chi connectivity index (χ1n) is 20.2. The summed E-state index contributed by atoms with van der Waals surface area (Å²) < 4.78 is 6.69. The molecule has 0 N–H and O–H groups in total. The average Bonchev–Trinajstić information content (AvgIpc) is 3.81. The lowest BCUT2D eigenvalue weighted by Gasteiger charge is -2.31. The Labute approximate surface area is 329 Å². The van der Waals surface area contributed by atoms with Gasteiger partial charge < -0.3 is 9.32 Å². The van der Waals surface area contributed by atoms with Gasteiger partial charge in [-0.1, -0.05) is 155 Å². The Morgan fingerprint density at radius 2 is 1.36 bits per heavy atom. The van der Waals surface area contributed by atoms with Gasteiger partial charge >= 0.3 is 0 Å². The van der Waals surface area contributed by atoms with Crippen LogP contribution in [0.25, 0.3) is 44.2 Å². The van der Waals surface area contributed by atoms with E-state index >= 15 is 0 Å². The Morgan fingerprint density at radius 3 is 2.18 bits per heavy atom. The van der Waals surface area contributed by atoms with E-state index in [-0.39, 0.29) is 10.8 Å². The maximum Gasteiger partial charge on any atom is 0.143 e. The zero-order chi connectivity index (χ0) is 37.8. The Kier molecular flexibility index (Phi) is 7.23. The summed E-state index contributed by atoms with van der Waals surface area (Å²) in [5, 5.41) is 2.35. The average molecular weight is 724 g/mol. The second-order valence-electron chi connectivity index (χ2n) is 17.2. The van der Waals surface area contributed by atoms with Crippen LogP contribution in [0.1, 0.15) is 86.3 Å². The molecule has 4 aliphatic carbocycles. The van der Waals surface area contributed by atoms with E-state index in [0.717, 1.165) is 30.4 Å². The van der Waals surface area contributed by atoms with Crippen LogP contribution in [0, 0.1) is 0 Å². The van der Waals surface area contributed by atoms with Gasteiger partial charge in [-0.2, -0.15) is 0 Å². The van der Waals surface area contributed by atoms with Gasteiger partial charge in [0.1, 0.15) is 11.2 Å². The highest BCUT2D eigenvalue weighted by Crippen LogP contribution is 2.56. The molecular formula is C54H45NO. The van der Waals surface area contributed by atoms with Crippen LogP contribution in [0.5, 0.6) is 0 Å². The summed E-state index contributed by atoms with van der Waals surface area (Å²) in [6, 6.07) is 49.3. The van der Waals surface area contributed by atoms with Gasteiger partial charge in [-0.3, -0.25) is 0 Å². The first-order chi connectivity index (χ1) is 27.3. The van der Waals surface area contributed by atoms with E-state index in [2.05, 4.69) is 190 Å². The van der Waals surface area contributed by atoms with Gasteiger partial charge in [-0.25, -0.2) is 0 Å². The van der Waals surface area contributed by atoms with E-state index in [4.69, 9.17) is 4.42 Å². The molecule has 0 saturated heterocycles. The molecule has 2 heteroatoms. The molecule has 0 amide bonds. The maximum atomic E-state index is 6.69. The molecule has 2 nitrogen and oxygen atoms in total. The molecule has 0 spiro atoms. The van der Waals surface area contributed by atoms with Crippen LogP contribution < -0.4 is 4.90 Å². The molecule has 272 valence electrons. The molecule has 0 saturated carbocycles. The van der Waals surface area contributed by atoms with Crippen molar-refractivity contribution in [2.45, 2.75) is 63.7 Å². The number of fused-ring (bicyclic) bond motifs is 10. The zero-order valence-corrected chi connectivity index (χ0v) is 32.6. The molecular weight excluding hydrogens is 679 g/mol. The zero-order valence-electron chi connectivity index (χ0n) is 32.6. The third-order valence-electron chi connectivity index (χ3n) is 13.4. The molecule has 1 atom stereocenters. The molecule has 0 radical (unpaired) electrons. The molecule has 1 heterocycles. The van der Waals surface area contributed by atoms with Crippen molar-refractivity contribution in [1.82, 2.24) is 0 Å². The summed E-state index contributed by atoms with van der Waals surface area (Å²) in [6.07, 6.45) is 12.6. The van der Waals surface area contributed by atoms with Crippen molar-refractivity contribution in [2.24, 2.45) is 0 Å². The van der Waals surface area contributed by atoms with Crippen molar-refractivity contribution in [3.05, 3.63) is 202 Å². The van der Waals surface area contributed by atoms with Gasteiger partial charge in [0.2, 0.25) is 0 Å². The largest absolute Gasteiger partial charge is 0.455 e. The minimum absolute atomic E-state index is 0.0335. The van der Waals surface area contributed by atoms with Crippen LogP contribution in [0.15, 0.2) is 173 Å². The van der Waals surface area contributed by atoms with E-state index in [0.29, 0.717) is 5.92 Å². The number of hydrogen-bond donors (Lipinski definition) is 0. The quantitative estimate of drug-likeness (QED) is 0.176. The third kappa shape index (κ3) is 4.88. The lowest BCUT2D eigenvalue weighted by atomic mass is 9.77. The van der Waals surface area contributed by atoms with E-state index in [9.17, 15) is 0 Å². The molecule has 0 bridgehead atoms. The number of benzene rings is 6. The topological polar surface area (TPSA) is 16.4 Å². The van der Waals surface area contributed by atoms with Gasteiger partial charge in [0.15, 0.2) is 0 Å². The Morgan fingerprint density at radius 1 is 0.607 bits per heavy atom. The predicted molar refractivity (Wildman–Crippen MR) is 234 cm³/mol. The standard InChI is InChI=1S/C54H45NO/c1-53(2)47-30-27-40(33-45(47)51-48(53)31-29-44-43-15-9-11-17-50(43)56-52(44)51)55(38-23-18-35(19-24-38)34-12-6-5-7-13-34)39-25-20-36(21-26-39)37-22-28-42-41-14-8-10-16-46(41)54(3,4)49(42)32-37/h5-18,20-23,25-27,29-33,42H,19,24,28H2,1-4H3. The fourth-order valence-electron chi connectivity index (χ4n) is 10.5. The Bertz CT molecular complexity index is 2870. The van der Waals surface area contributed by atoms with Gasteiger partial charge in [-0.15, -0.1) is 0 Å². The molecule has 7 aromatic rings. The molecule has 0 aliphatic heterocycles. The second-order valence-corrected chi connectivity index (χ2v) is 17.2. The van der Waals surface area contributed by atoms with Gasteiger partial charge in [0.25, 0.3) is 0 Å². The number of anilines is 2. The molecule has 4 aliphatic rings. The highest BCUT2D eigenvalue weighted by atomic mass is 16.3. The van der Waals surface area contributed by atoms with E-state index in [1.165, 1.54) is 89.1 Å². The van der Waals surface area contributed by atoms with Crippen LogP contribution in [-0.4, -0.2) is 0 Å². The highest BCUT2D eigenvalue weighted by molar-refractivity contribution is 6.12. The van der Waals surface area contributed by atoms with E-state index in [1.54, 1.807) is 0 Å². The van der Waals surface area contributed by atoms with Gasteiger partial charge in [0.05, 0.1) is 0 Å². The number of hydrogen-bond acceptors (Lipinski definition) is 2. The second kappa shape index (κ2) is 12.2. The van der Waals surface area contributed by atoms with Crippen LogP contribution in [0.2, 0.25) is 0 Å². The van der Waals surface area contributed by atoms with Crippen molar-refractivity contribution < 1.29 is 4.42 Å². The van der Waals surface area contributed by atoms with Crippen molar-refractivity contribution in [1.29, 1.82) is 0 Å². The van der Waals surface area contributed by atoms with Crippen molar-refractivity contribution in [3.8, 4) is 11.1 Å². The van der Waals surface area contributed by atoms with Crippen LogP contribution in [0.3, 0.4) is 0 Å². The third-order valence-corrected chi connectivity index (χ3v) is 13.4. The molecule has 1 aromatic heterocycles. The molecule has 11 rings (SSSR count). The molecule has 1 unspecified atom stereocenters. The molecule has 56 heavy (non-hydrogen) atoms. The number of furan rings is 1. The monoisotopic (exact) mass is 723 g/mol. The fourth-order valence-corrected chi connectivity index (χ4v) is 10.5. The summed E-state index contributed by atoms with van der Waals surface area (Å²) >= 11 is 0. The summed E-state index contributed by atoms with van der Waals surface area (Å²) in [5.74, 6) is 0.475. The minimum atomic E-state index is -0.142. The molecule has 0 fully saturated rings. The van der Waals surface area contributed by atoms with Gasteiger partial charge in [0, 0.05) is 50.2 Å². The molecule has 6 aromatic carbocycles. The summed E-state index contributed by atoms with van der Waals surface area (Å²) in [4.78, 5) is 2.49. The first-order valence-corrected chi connectivity index (χ1v) is 20.2. The predicted octanol–water partition coefficient (Wildman–Crippen LogP) is 14.6. The number of nitrogens with zero attached hydrogens (tertiary/aromatic N) is 1. The van der Waals surface area contributed by atoms with Crippen molar-refractivity contribution in [2.75, 3.05) is 4.90 Å². The van der Waals surface area contributed by atoms with Crippen LogP contribution >= 0.6 is 0 Å². The van der Waals surface area contributed by atoms with E-state index in [1.807, 2.05) is 0 Å². The smallest absolute Gasteiger partial charge is 0.143 e. The van der Waals surface area contributed by atoms with E-state index < -0.39 is 0 Å². The SMILES string of the molecule is CC1(C)C2=CC(c3ccc(N(C4=CC=C(c5ccccc5)CC4)c4ccc5c(c4)-c4c(ccc6c4oc4ccccc46)C5(C)C)cc3)=CCC2c2ccccc21. The van der Waals surface area contributed by atoms with Crippen molar-refractivity contribution >= 4 is 44.5 Å². The lowest BCUT2D eigenvalue weighted by molar-refractivity contribution is 0.613. The van der Waals surface area contributed by atoms with Crippen LogP contribution in [-0.2, 0) is 10.8 Å². The summed E-state index contributed by atoms with van der Waals surface area (Å²) in [6.45, 7) is 9.49. The van der Waals surface area contributed by atoms with Gasteiger partial charge in [-0.05, 0) is 106 Å². The van der Waals surface area contributed by atoms with Crippen molar-refractivity contribution in [3.63, 3.8) is 0 Å². The maximum absolute atomic E-state index is 6.69. The Hall–Kier alpha value is -6.12. The summed E-state index contributed by atoms with van der Waals surface area (Å²) in [7, 11) is 0. The minimum Gasteiger partial charge on any atom is -0.455 e. The first kappa shape index (κ1) is 33.2. The number of rotatable bonds is 5.